The lowest BCUT2D eigenvalue weighted by atomic mass is 9.94. The summed E-state index contributed by atoms with van der Waals surface area (Å²) in [5.74, 6) is -0.219. The minimum absolute atomic E-state index is 0.0673. The van der Waals surface area contributed by atoms with Gasteiger partial charge in [-0.2, -0.15) is 0 Å². The highest BCUT2D eigenvalue weighted by molar-refractivity contribution is 5.80. The van der Waals surface area contributed by atoms with Crippen LogP contribution in [0.3, 0.4) is 0 Å². The van der Waals surface area contributed by atoms with E-state index in [0.29, 0.717) is 17.9 Å². The summed E-state index contributed by atoms with van der Waals surface area (Å²) in [7, 11) is 0. The zero-order chi connectivity index (χ0) is 14.6. The van der Waals surface area contributed by atoms with Crippen LogP contribution in [-0.2, 0) is 11.4 Å². The molecular weight excluding hydrogens is 258 g/mol. The molecule has 1 saturated carbocycles. The van der Waals surface area contributed by atoms with E-state index in [4.69, 9.17) is 4.74 Å². The lowest BCUT2D eigenvalue weighted by Crippen LogP contribution is -2.58. The first kappa shape index (κ1) is 14.8. The fraction of sp³-hybridized carbons (Fsp3) is 0.533. The van der Waals surface area contributed by atoms with Crippen molar-refractivity contribution in [2.24, 2.45) is 5.92 Å². The summed E-state index contributed by atoms with van der Waals surface area (Å²) < 4.78 is 5.71. The van der Waals surface area contributed by atoms with Crippen LogP contribution in [0.5, 0.6) is 5.75 Å². The predicted octanol–water partition coefficient (Wildman–Crippen LogP) is 1.40. The van der Waals surface area contributed by atoms with Crippen LogP contribution in [0.4, 0.5) is 0 Å². The number of aliphatic hydroxyl groups is 1. The largest absolute Gasteiger partial charge is 0.491 e. The van der Waals surface area contributed by atoms with Gasteiger partial charge in [-0.15, -0.1) is 0 Å². The van der Waals surface area contributed by atoms with Gasteiger partial charge in [-0.25, -0.2) is 0 Å². The maximum absolute atomic E-state index is 11.7. The molecule has 0 aromatic heterocycles. The van der Waals surface area contributed by atoms with Crippen molar-refractivity contribution in [1.82, 2.24) is 5.32 Å². The van der Waals surface area contributed by atoms with E-state index in [-0.39, 0.29) is 19.1 Å². The molecule has 5 nitrogen and oxygen atoms in total. The van der Waals surface area contributed by atoms with E-state index in [2.05, 4.69) is 5.32 Å². The molecule has 0 spiro atoms. The molecule has 1 fully saturated rings. The Balaban J connectivity index is 2.14. The highest BCUT2D eigenvalue weighted by Crippen LogP contribution is 2.40. The van der Waals surface area contributed by atoms with Crippen molar-refractivity contribution in [3.63, 3.8) is 0 Å². The Labute approximate surface area is 118 Å². The monoisotopic (exact) mass is 279 g/mol. The van der Waals surface area contributed by atoms with Crippen molar-refractivity contribution >= 4 is 5.97 Å². The van der Waals surface area contributed by atoms with Gasteiger partial charge in [0.25, 0.3) is 0 Å². The summed E-state index contributed by atoms with van der Waals surface area (Å²) in [5.41, 5.74) is -0.365. The minimum Gasteiger partial charge on any atom is -0.491 e. The molecule has 0 saturated heterocycles. The van der Waals surface area contributed by atoms with Crippen LogP contribution >= 0.6 is 0 Å². The molecule has 0 amide bonds. The second-order valence-corrected chi connectivity index (χ2v) is 5.14. The SMILES string of the molecule is CCNC(COc1ccccc1CO)(C(=O)O)C1CC1. The van der Waals surface area contributed by atoms with Gasteiger partial charge in [-0.1, -0.05) is 25.1 Å². The third-order valence-corrected chi connectivity index (χ3v) is 3.75. The first-order chi connectivity index (χ1) is 9.64. The number of hydrogen-bond donors (Lipinski definition) is 3. The number of carboxylic acid groups (broad SMARTS) is 1. The number of ether oxygens (including phenoxy) is 1. The second-order valence-electron chi connectivity index (χ2n) is 5.14. The third-order valence-electron chi connectivity index (χ3n) is 3.75. The van der Waals surface area contributed by atoms with E-state index in [1.54, 1.807) is 18.2 Å². The molecule has 20 heavy (non-hydrogen) atoms. The van der Waals surface area contributed by atoms with Gasteiger partial charge in [-0.3, -0.25) is 10.1 Å². The molecule has 0 aliphatic heterocycles. The average Bonchev–Trinajstić information content (AvgIpc) is 3.28. The van der Waals surface area contributed by atoms with Crippen LogP contribution < -0.4 is 10.1 Å². The summed E-state index contributed by atoms with van der Waals surface area (Å²) in [6.45, 7) is 2.41. The maximum atomic E-state index is 11.7. The zero-order valence-corrected chi connectivity index (χ0v) is 11.6. The van der Waals surface area contributed by atoms with Crippen LogP contribution in [0.2, 0.25) is 0 Å². The molecule has 0 radical (unpaired) electrons. The maximum Gasteiger partial charge on any atom is 0.327 e. The smallest absolute Gasteiger partial charge is 0.327 e. The van der Waals surface area contributed by atoms with Gasteiger partial charge in [0.2, 0.25) is 0 Å². The Bertz CT molecular complexity index is 473. The molecule has 1 aromatic carbocycles. The van der Waals surface area contributed by atoms with Crippen LogP contribution in [0.15, 0.2) is 24.3 Å². The topological polar surface area (TPSA) is 78.8 Å². The van der Waals surface area contributed by atoms with Crippen LogP contribution in [0.25, 0.3) is 0 Å². The molecular formula is C15H21NO4. The normalized spacial score (nSPS) is 17.5. The van der Waals surface area contributed by atoms with E-state index >= 15 is 0 Å². The second kappa shape index (κ2) is 6.24. The van der Waals surface area contributed by atoms with Gasteiger partial charge in [0, 0.05) is 5.56 Å². The number of aliphatic carboxylic acids is 1. The van der Waals surface area contributed by atoms with E-state index < -0.39 is 11.5 Å². The highest BCUT2D eigenvalue weighted by atomic mass is 16.5. The first-order valence-corrected chi connectivity index (χ1v) is 6.94. The lowest BCUT2D eigenvalue weighted by Gasteiger charge is -2.30. The lowest BCUT2D eigenvalue weighted by molar-refractivity contribution is -0.147. The van der Waals surface area contributed by atoms with Crippen LogP contribution in [0.1, 0.15) is 25.3 Å². The van der Waals surface area contributed by atoms with Crippen molar-refractivity contribution in [1.29, 1.82) is 0 Å². The van der Waals surface area contributed by atoms with E-state index in [1.807, 2.05) is 13.0 Å². The van der Waals surface area contributed by atoms with Crippen molar-refractivity contribution in [3.05, 3.63) is 29.8 Å². The summed E-state index contributed by atoms with van der Waals surface area (Å²) in [4.78, 5) is 11.7. The Kier molecular flexibility index (Phi) is 4.62. The highest BCUT2D eigenvalue weighted by Gasteiger charge is 2.51. The number of carboxylic acids is 1. The van der Waals surface area contributed by atoms with Gasteiger partial charge >= 0.3 is 5.97 Å². The molecule has 3 N–H and O–H groups in total. The van der Waals surface area contributed by atoms with Crippen LogP contribution in [-0.4, -0.2) is 34.9 Å². The molecule has 110 valence electrons. The molecule has 0 bridgehead atoms. The molecule has 1 aromatic rings. The van der Waals surface area contributed by atoms with Gasteiger partial charge in [0.1, 0.15) is 12.4 Å². The molecule has 1 aliphatic carbocycles. The number of carbonyl (C=O) groups is 1. The number of nitrogens with one attached hydrogen (secondary N) is 1. The number of hydrogen-bond acceptors (Lipinski definition) is 4. The summed E-state index contributed by atoms with van der Waals surface area (Å²) in [6, 6.07) is 7.13. The molecule has 2 rings (SSSR count). The molecule has 1 unspecified atom stereocenters. The van der Waals surface area contributed by atoms with E-state index in [1.165, 1.54) is 0 Å². The fourth-order valence-corrected chi connectivity index (χ4v) is 2.48. The van der Waals surface area contributed by atoms with Gasteiger partial charge in [0.05, 0.1) is 6.61 Å². The van der Waals surface area contributed by atoms with Crippen molar-refractivity contribution in [2.45, 2.75) is 31.9 Å². The predicted molar refractivity (Wildman–Crippen MR) is 74.6 cm³/mol. The Morgan fingerprint density at radius 1 is 1.45 bits per heavy atom. The fourth-order valence-electron chi connectivity index (χ4n) is 2.48. The van der Waals surface area contributed by atoms with Crippen molar-refractivity contribution < 1.29 is 19.7 Å². The third kappa shape index (κ3) is 2.94. The Morgan fingerprint density at radius 3 is 2.70 bits per heavy atom. The number of aliphatic hydroxyl groups excluding tert-OH is 1. The zero-order valence-electron chi connectivity index (χ0n) is 11.6. The van der Waals surface area contributed by atoms with Gasteiger partial charge in [-0.05, 0) is 31.4 Å². The van der Waals surface area contributed by atoms with Crippen molar-refractivity contribution in [3.8, 4) is 5.75 Å². The Hall–Kier alpha value is -1.59. The molecule has 1 aliphatic rings. The molecule has 5 heteroatoms. The standard InChI is InChI=1S/C15H21NO4/c1-2-16-15(14(18)19,12-7-8-12)10-20-13-6-4-3-5-11(13)9-17/h3-6,12,16-17H,2,7-10H2,1H3,(H,18,19). The van der Waals surface area contributed by atoms with Gasteiger partial charge < -0.3 is 14.9 Å². The molecule has 0 heterocycles. The molecule has 1 atom stereocenters. The number of benzene rings is 1. The van der Waals surface area contributed by atoms with E-state index in [0.717, 1.165) is 12.8 Å². The first-order valence-electron chi connectivity index (χ1n) is 6.94. The van der Waals surface area contributed by atoms with E-state index in [9.17, 15) is 15.0 Å². The minimum atomic E-state index is -1.03. The number of likely N-dealkylation sites (N-methyl/N-ethyl adjacent to an activating group) is 1. The van der Waals surface area contributed by atoms with Crippen molar-refractivity contribution in [2.75, 3.05) is 13.2 Å². The summed E-state index contributed by atoms with van der Waals surface area (Å²) in [6.07, 6.45) is 1.81. The quantitative estimate of drug-likeness (QED) is 0.670. The van der Waals surface area contributed by atoms with Crippen LogP contribution in [0, 0.1) is 5.92 Å². The summed E-state index contributed by atoms with van der Waals surface area (Å²) in [5, 5.41) is 21.9. The van der Waals surface area contributed by atoms with Gasteiger partial charge in [0.15, 0.2) is 5.54 Å². The number of rotatable bonds is 8. The average molecular weight is 279 g/mol. The number of para-hydroxylation sites is 1. The Morgan fingerprint density at radius 2 is 2.15 bits per heavy atom. The summed E-state index contributed by atoms with van der Waals surface area (Å²) >= 11 is 0.